The second-order valence-corrected chi connectivity index (χ2v) is 7.80. The van der Waals surface area contributed by atoms with Crippen LogP contribution in [0.15, 0.2) is 0 Å². The van der Waals surface area contributed by atoms with Gasteiger partial charge in [0.05, 0.1) is 0 Å². The van der Waals surface area contributed by atoms with Crippen LogP contribution in [0, 0.1) is 29.1 Å². The zero-order chi connectivity index (χ0) is 14.5. The van der Waals surface area contributed by atoms with E-state index in [1.54, 1.807) is 0 Å². The molecule has 0 aromatic heterocycles. The number of primary amides is 1. The van der Waals surface area contributed by atoms with Crippen LogP contribution < -0.4 is 11.1 Å². The van der Waals surface area contributed by atoms with Crippen molar-refractivity contribution in [1.29, 1.82) is 0 Å². The molecule has 0 heterocycles. The van der Waals surface area contributed by atoms with E-state index in [1.165, 1.54) is 19.3 Å². The van der Waals surface area contributed by atoms with Gasteiger partial charge in [-0.3, -0.25) is 9.59 Å². The molecule has 0 aromatic carbocycles. The molecule has 4 aliphatic rings. The highest BCUT2D eigenvalue weighted by atomic mass is 16.2. The van der Waals surface area contributed by atoms with Gasteiger partial charge >= 0.3 is 0 Å². The van der Waals surface area contributed by atoms with E-state index in [0.717, 1.165) is 37.0 Å². The molecular weight excluding hydrogens is 252 g/mol. The summed E-state index contributed by atoms with van der Waals surface area (Å²) in [4.78, 5) is 24.3. The molecule has 4 heteroatoms. The first-order valence-electron chi connectivity index (χ1n) is 8.00. The smallest absolute Gasteiger partial charge is 0.240 e. The molecule has 4 saturated carbocycles. The lowest BCUT2D eigenvalue weighted by molar-refractivity contribution is -0.148. The Morgan fingerprint density at radius 3 is 1.85 bits per heavy atom. The van der Waals surface area contributed by atoms with Crippen LogP contribution in [0.4, 0.5) is 0 Å². The topological polar surface area (TPSA) is 72.2 Å². The summed E-state index contributed by atoms with van der Waals surface area (Å²) in [5.74, 6) is 1.92. The van der Waals surface area contributed by atoms with Crippen LogP contribution >= 0.6 is 0 Å². The second-order valence-electron chi connectivity index (χ2n) is 7.80. The SMILES string of the molecule is CC(C)C(NC(=O)C12CC3CC(CC(C3)C1)C2)C(N)=O. The van der Waals surface area contributed by atoms with Crippen molar-refractivity contribution in [2.24, 2.45) is 34.8 Å². The van der Waals surface area contributed by atoms with Gasteiger partial charge < -0.3 is 11.1 Å². The third kappa shape index (κ3) is 2.23. The molecule has 4 rings (SSSR count). The minimum Gasteiger partial charge on any atom is -0.368 e. The van der Waals surface area contributed by atoms with Gasteiger partial charge in [-0.25, -0.2) is 0 Å². The molecule has 4 nitrogen and oxygen atoms in total. The summed E-state index contributed by atoms with van der Waals surface area (Å²) in [6.45, 7) is 3.85. The van der Waals surface area contributed by atoms with E-state index >= 15 is 0 Å². The highest BCUT2D eigenvalue weighted by molar-refractivity contribution is 5.89. The van der Waals surface area contributed by atoms with E-state index in [2.05, 4.69) is 5.32 Å². The fourth-order valence-electron chi connectivity index (χ4n) is 5.25. The fourth-order valence-corrected chi connectivity index (χ4v) is 5.25. The van der Waals surface area contributed by atoms with Gasteiger partial charge in [0.25, 0.3) is 0 Å². The number of hydrogen-bond donors (Lipinski definition) is 2. The van der Waals surface area contributed by atoms with E-state index in [-0.39, 0.29) is 17.2 Å². The molecule has 112 valence electrons. The third-order valence-electron chi connectivity index (χ3n) is 5.78. The number of amides is 2. The van der Waals surface area contributed by atoms with Gasteiger partial charge in [0.2, 0.25) is 11.8 Å². The van der Waals surface area contributed by atoms with Crippen molar-refractivity contribution >= 4 is 11.8 Å². The largest absolute Gasteiger partial charge is 0.368 e. The van der Waals surface area contributed by atoms with E-state index < -0.39 is 11.9 Å². The van der Waals surface area contributed by atoms with E-state index in [9.17, 15) is 9.59 Å². The quantitative estimate of drug-likeness (QED) is 0.823. The number of nitrogens with one attached hydrogen (secondary N) is 1. The maximum atomic E-state index is 12.8. The highest BCUT2D eigenvalue weighted by Gasteiger charge is 2.54. The van der Waals surface area contributed by atoms with Crippen LogP contribution in [-0.4, -0.2) is 17.9 Å². The fraction of sp³-hybridized carbons (Fsp3) is 0.875. The Kier molecular flexibility index (Phi) is 3.30. The normalized spacial score (nSPS) is 39.9. The van der Waals surface area contributed by atoms with E-state index in [1.807, 2.05) is 13.8 Å². The second kappa shape index (κ2) is 4.74. The minimum absolute atomic E-state index is 0.0466. The standard InChI is InChI=1S/C16H26N2O2/c1-9(2)13(14(17)19)18-15(20)16-6-10-3-11(7-16)5-12(4-10)8-16/h9-13H,3-8H2,1-2H3,(H2,17,19)(H,18,20). The Morgan fingerprint density at radius 2 is 1.50 bits per heavy atom. The van der Waals surface area contributed by atoms with Gasteiger partial charge in [-0.2, -0.15) is 0 Å². The summed E-state index contributed by atoms with van der Waals surface area (Å²) in [6, 6.07) is -0.532. The maximum Gasteiger partial charge on any atom is 0.240 e. The summed E-state index contributed by atoms with van der Waals surface area (Å²) in [6.07, 6.45) is 7.01. The molecule has 20 heavy (non-hydrogen) atoms. The van der Waals surface area contributed by atoms with Crippen molar-refractivity contribution in [2.45, 2.75) is 58.4 Å². The van der Waals surface area contributed by atoms with Crippen LogP contribution in [0.2, 0.25) is 0 Å². The molecule has 4 fully saturated rings. The van der Waals surface area contributed by atoms with Gasteiger partial charge in [-0.05, 0) is 62.2 Å². The average Bonchev–Trinajstić information content (AvgIpc) is 2.32. The summed E-state index contributed by atoms with van der Waals surface area (Å²) in [5, 5.41) is 2.96. The van der Waals surface area contributed by atoms with E-state index in [0.29, 0.717) is 0 Å². The van der Waals surface area contributed by atoms with Gasteiger partial charge in [0.1, 0.15) is 6.04 Å². The van der Waals surface area contributed by atoms with Gasteiger partial charge in [0.15, 0.2) is 0 Å². The lowest BCUT2D eigenvalue weighted by Crippen LogP contribution is -2.58. The molecule has 1 unspecified atom stereocenters. The van der Waals surface area contributed by atoms with Crippen molar-refractivity contribution in [3.63, 3.8) is 0 Å². The molecule has 4 aliphatic carbocycles. The zero-order valence-corrected chi connectivity index (χ0v) is 12.5. The lowest BCUT2D eigenvalue weighted by atomic mass is 9.49. The third-order valence-corrected chi connectivity index (χ3v) is 5.78. The molecule has 0 radical (unpaired) electrons. The first kappa shape index (κ1) is 13.9. The molecule has 4 bridgehead atoms. The van der Waals surface area contributed by atoms with Gasteiger partial charge in [-0.1, -0.05) is 13.8 Å². The molecule has 0 aromatic rings. The molecule has 2 amide bonds. The predicted octanol–water partition coefficient (Wildman–Crippen LogP) is 1.83. The number of hydrogen-bond acceptors (Lipinski definition) is 2. The highest BCUT2D eigenvalue weighted by Crippen LogP contribution is 2.60. The van der Waals surface area contributed by atoms with Crippen LogP contribution in [0.5, 0.6) is 0 Å². The van der Waals surface area contributed by atoms with Crippen molar-refractivity contribution in [3.8, 4) is 0 Å². The number of carbonyl (C=O) groups excluding carboxylic acids is 2. The van der Waals surface area contributed by atoms with Gasteiger partial charge in [0, 0.05) is 5.41 Å². The van der Waals surface area contributed by atoms with Crippen LogP contribution in [-0.2, 0) is 9.59 Å². The Labute approximate surface area is 120 Å². The average molecular weight is 278 g/mol. The Hall–Kier alpha value is -1.06. The Balaban J connectivity index is 1.75. The minimum atomic E-state index is -0.532. The van der Waals surface area contributed by atoms with Crippen molar-refractivity contribution in [2.75, 3.05) is 0 Å². The monoisotopic (exact) mass is 278 g/mol. The summed E-state index contributed by atoms with van der Waals surface area (Å²) in [5.41, 5.74) is 5.23. The molecular formula is C16H26N2O2. The molecule has 0 spiro atoms. The first-order valence-corrected chi connectivity index (χ1v) is 8.00. The molecule has 0 saturated heterocycles. The Bertz CT molecular complexity index is 395. The molecule has 0 aliphatic heterocycles. The number of rotatable bonds is 4. The lowest BCUT2D eigenvalue weighted by Gasteiger charge is -2.55. The van der Waals surface area contributed by atoms with Crippen molar-refractivity contribution in [1.82, 2.24) is 5.32 Å². The van der Waals surface area contributed by atoms with Crippen molar-refractivity contribution in [3.05, 3.63) is 0 Å². The Morgan fingerprint density at radius 1 is 1.05 bits per heavy atom. The van der Waals surface area contributed by atoms with Crippen LogP contribution in [0.1, 0.15) is 52.4 Å². The summed E-state index contributed by atoms with van der Waals surface area (Å²) < 4.78 is 0. The van der Waals surface area contributed by atoms with E-state index in [4.69, 9.17) is 5.73 Å². The molecule has 3 N–H and O–H groups in total. The van der Waals surface area contributed by atoms with Gasteiger partial charge in [-0.15, -0.1) is 0 Å². The van der Waals surface area contributed by atoms with Crippen LogP contribution in [0.25, 0.3) is 0 Å². The summed E-state index contributed by atoms with van der Waals surface area (Å²) >= 11 is 0. The van der Waals surface area contributed by atoms with Crippen molar-refractivity contribution < 1.29 is 9.59 Å². The zero-order valence-electron chi connectivity index (χ0n) is 12.5. The summed E-state index contributed by atoms with van der Waals surface area (Å²) in [7, 11) is 0. The maximum absolute atomic E-state index is 12.8. The first-order chi connectivity index (χ1) is 9.39. The predicted molar refractivity (Wildman–Crippen MR) is 76.6 cm³/mol. The number of nitrogens with two attached hydrogens (primary N) is 1. The number of carbonyl (C=O) groups is 2. The van der Waals surface area contributed by atoms with Crippen LogP contribution in [0.3, 0.4) is 0 Å². The molecule has 1 atom stereocenters.